The third-order valence-electron chi connectivity index (χ3n) is 4.26. The van der Waals surface area contributed by atoms with Crippen LogP contribution >= 0.6 is 0 Å². The fourth-order valence-electron chi connectivity index (χ4n) is 2.66. The number of carbonyl (C=O) groups excluding carboxylic acids is 1. The number of likely N-dealkylation sites (N-methyl/N-ethyl adjacent to an activating group) is 1. The van der Waals surface area contributed by atoms with Crippen molar-refractivity contribution in [1.82, 2.24) is 9.62 Å². The summed E-state index contributed by atoms with van der Waals surface area (Å²) in [5, 5.41) is 2.94. The Balaban J connectivity index is 2.12. The van der Waals surface area contributed by atoms with E-state index in [4.69, 9.17) is 0 Å². The molecule has 0 aliphatic rings. The van der Waals surface area contributed by atoms with Gasteiger partial charge in [-0.1, -0.05) is 25.1 Å². The number of nitrogens with one attached hydrogen (secondary N) is 2. The largest absolute Gasteiger partial charge is 0.321 e. The van der Waals surface area contributed by atoms with Crippen molar-refractivity contribution < 1.29 is 13.2 Å². The second kappa shape index (κ2) is 9.12. The number of sulfonamides is 1. The van der Waals surface area contributed by atoms with Crippen LogP contribution in [0.4, 0.5) is 5.69 Å². The van der Waals surface area contributed by atoms with Gasteiger partial charge in [-0.3, -0.25) is 4.79 Å². The highest BCUT2D eigenvalue weighted by atomic mass is 32.2. The van der Waals surface area contributed by atoms with Gasteiger partial charge in [0.15, 0.2) is 0 Å². The summed E-state index contributed by atoms with van der Waals surface area (Å²) in [6, 6.07) is 11.9. The van der Waals surface area contributed by atoms with E-state index in [9.17, 15) is 13.2 Å². The number of aryl methyl sites for hydroxylation is 2. The summed E-state index contributed by atoms with van der Waals surface area (Å²) in [5.74, 6) is -0.261. The molecule has 2 rings (SSSR count). The molecule has 0 aliphatic heterocycles. The first-order chi connectivity index (χ1) is 12.7. The second-order valence-electron chi connectivity index (χ2n) is 6.64. The van der Waals surface area contributed by atoms with Crippen LogP contribution in [0.15, 0.2) is 47.4 Å². The van der Waals surface area contributed by atoms with Crippen molar-refractivity contribution in [2.24, 2.45) is 0 Å². The molecule has 27 heavy (non-hydrogen) atoms. The Bertz CT molecular complexity index is 891. The van der Waals surface area contributed by atoms with E-state index < -0.39 is 10.0 Å². The summed E-state index contributed by atoms with van der Waals surface area (Å²) in [6.07, 6.45) is 0.813. The fraction of sp³-hybridized carbons (Fsp3) is 0.350. The van der Waals surface area contributed by atoms with Crippen LogP contribution < -0.4 is 10.0 Å². The molecule has 0 radical (unpaired) electrons. The number of hydrogen-bond acceptors (Lipinski definition) is 4. The minimum Gasteiger partial charge on any atom is -0.321 e. The van der Waals surface area contributed by atoms with E-state index in [0.29, 0.717) is 18.7 Å². The van der Waals surface area contributed by atoms with Gasteiger partial charge in [0.25, 0.3) is 5.91 Å². The molecule has 0 aliphatic carbocycles. The number of hydrogen-bond donors (Lipinski definition) is 2. The quantitative estimate of drug-likeness (QED) is 0.728. The van der Waals surface area contributed by atoms with E-state index in [0.717, 1.165) is 23.2 Å². The molecule has 1 amide bonds. The van der Waals surface area contributed by atoms with Crippen molar-refractivity contribution in [3.05, 3.63) is 59.2 Å². The lowest BCUT2D eigenvalue weighted by molar-refractivity contribution is 0.102. The molecule has 146 valence electrons. The van der Waals surface area contributed by atoms with Gasteiger partial charge in [0.2, 0.25) is 10.0 Å². The number of benzene rings is 2. The number of carbonyl (C=O) groups is 1. The van der Waals surface area contributed by atoms with Crippen LogP contribution in [0, 0.1) is 6.92 Å². The molecule has 6 nitrogen and oxygen atoms in total. The second-order valence-corrected chi connectivity index (χ2v) is 8.41. The maximum atomic E-state index is 12.6. The van der Waals surface area contributed by atoms with Gasteiger partial charge < -0.3 is 10.2 Å². The molecular formula is C20H27N3O3S. The molecule has 0 saturated heterocycles. The molecule has 2 N–H and O–H groups in total. The van der Waals surface area contributed by atoms with Gasteiger partial charge in [-0.25, -0.2) is 13.1 Å². The maximum absolute atomic E-state index is 12.6. The Morgan fingerprint density at radius 1 is 1.07 bits per heavy atom. The Labute approximate surface area is 161 Å². The van der Waals surface area contributed by atoms with Crippen molar-refractivity contribution >= 4 is 21.6 Å². The van der Waals surface area contributed by atoms with Crippen LogP contribution in [0.2, 0.25) is 0 Å². The normalized spacial score (nSPS) is 11.6. The van der Waals surface area contributed by atoms with Crippen LogP contribution in [0.1, 0.15) is 28.4 Å². The molecule has 0 bridgehead atoms. The first-order valence-electron chi connectivity index (χ1n) is 8.89. The number of para-hydroxylation sites is 1. The molecule has 0 unspecified atom stereocenters. The summed E-state index contributed by atoms with van der Waals surface area (Å²) in [5.41, 5.74) is 3.28. The van der Waals surface area contributed by atoms with E-state index in [1.807, 2.05) is 51.0 Å². The van der Waals surface area contributed by atoms with Gasteiger partial charge in [-0.15, -0.1) is 0 Å². The van der Waals surface area contributed by atoms with Crippen molar-refractivity contribution in [3.8, 4) is 0 Å². The molecule has 7 heteroatoms. The van der Waals surface area contributed by atoms with E-state index in [-0.39, 0.29) is 10.8 Å². The van der Waals surface area contributed by atoms with E-state index >= 15 is 0 Å². The first-order valence-corrected chi connectivity index (χ1v) is 10.4. The fourth-order valence-corrected chi connectivity index (χ4v) is 3.68. The van der Waals surface area contributed by atoms with Crippen LogP contribution in [0.3, 0.4) is 0 Å². The zero-order chi connectivity index (χ0) is 20.0. The average Bonchev–Trinajstić information content (AvgIpc) is 2.63. The van der Waals surface area contributed by atoms with Gasteiger partial charge in [0, 0.05) is 24.3 Å². The lowest BCUT2D eigenvalue weighted by atomic mass is 10.1. The molecule has 2 aromatic rings. The van der Waals surface area contributed by atoms with Crippen molar-refractivity contribution in [3.63, 3.8) is 0 Å². The average molecular weight is 390 g/mol. The van der Waals surface area contributed by atoms with E-state index in [1.54, 1.807) is 0 Å². The van der Waals surface area contributed by atoms with Gasteiger partial charge in [0.1, 0.15) is 0 Å². The highest BCUT2D eigenvalue weighted by Crippen LogP contribution is 2.22. The van der Waals surface area contributed by atoms with Crippen LogP contribution in [-0.4, -0.2) is 46.4 Å². The van der Waals surface area contributed by atoms with Crippen molar-refractivity contribution in [2.75, 3.05) is 32.5 Å². The zero-order valence-electron chi connectivity index (χ0n) is 16.2. The molecule has 0 spiro atoms. The molecule has 0 fully saturated rings. The zero-order valence-corrected chi connectivity index (χ0v) is 17.1. The van der Waals surface area contributed by atoms with Gasteiger partial charge in [-0.05, 0) is 62.8 Å². The standard InChI is InChI=1S/C20H27N3O3S/c1-5-16-8-6-7-15(2)19(16)22-20(24)17-9-11-18(12-10-17)27(25,26)21-13-14-23(3)4/h6-12,21H,5,13-14H2,1-4H3,(H,22,24). The first kappa shape index (κ1) is 21.1. The summed E-state index contributed by atoms with van der Waals surface area (Å²) in [7, 11) is 0.167. The summed E-state index contributed by atoms with van der Waals surface area (Å²) in [6.45, 7) is 4.91. The van der Waals surface area contributed by atoms with Gasteiger partial charge in [0.05, 0.1) is 4.90 Å². The summed E-state index contributed by atoms with van der Waals surface area (Å²) < 4.78 is 27.1. The number of anilines is 1. The number of nitrogens with zero attached hydrogens (tertiary/aromatic N) is 1. The number of rotatable bonds is 8. The van der Waals surface area contributed by atoms with Crippen LogP contribution in [0.25, 0.3) is 0 Å². The van der Waals surface area contributed by atoms with Gasteiger partial charge in [-0.2, -0.15) is 0 Å². The SMILES string of the molecule is CCc1cccc(C)c1NC(=O)c1ccc(S(=O)(=O)NCCN(C)C)cc1. The molecule has 0 atom stereocenters. The monoisotopic (exact) mass is 389 g/mol. The molecule has 0 saturated carbocycles. The minimum atomic E-state index is -3.58. The smallest absolute Gasteiger partial charge is 0.255 e. The Morgan fingerprint density at radius 2 is 1.74 bits per heavy atom. The van der Waals surface area contributed by atoms with E-state index in [1.165, 1.54) is 24.3 Å². The van der Waals surface area contributed by atoms with Crippen molar-refractivity contribution in [1.29, 1.82) is 0 Å². The molecular weight excluding hydrogens is 362 g/mol. The molecule has 2 aromatic carbocycles. The third kappa shape index (κ3) is 5.63. The minimum absolute atomic E-state index is 0.142. The summed E-state index contributed by atoms with van der Waals surface area (Å²) >= 11 is 0. The molecule has 0 heterocycles. The van der Waals surface area contributed by atoms with Crippen LogP contribution in [0.5, 0.6) is 0 Å². The van der Waals surface area contributed by atoms with Crippen LogP contribution in [-0.2, 0) is 16.4 Å². The Kier molecular flexibility index (Phi) is 7.12. The predicted molar refractivity (Wildman–Crippen MR) is 109 cm³/mol. The predicted octanol–water partition coefficient (Wildman–Crippen LogP) is 2.65. The maximum Gasteiger partial charge on any atom is 0.255 e. The summed E-state index contributed by atoms with van der Waals surface area (Å²) in [4.78, 5) is 14.6. The van der Waals surface area contributed by atoms with Crippen molar-refractivity contribution in [2.45, 2.75) is 25.2 Å². The number of amides is 1. The van der Waals surface area contributed by atoms with Gasteiger partial charge >= 0.3 is 0 Å². The molecule has 0 aromatic heterocycles. The highest BCUT2D eigenvalue weighted by molar-refractivity contribution is 7.89. The third-order valence-corrected chi connectivity index (χ3v) is 5.73. The topological polar surface area (TPSA) is 78.5 Å². The lowest BCUT2D eigenvalue weighted by Crippen LogP contribution is -2.31. The van der Waals surface area contributed by atoms with E-state index in [2.05, 4.69) is 10.0 Å². The lowest BCUT2D eigenvalue weighted by Gasteiger charge is -2.13. The Morgan fingerprint density at radius 3 is 2.33 bits per heavy atom. The Hall–Kier alpha value is -2.22. The highest BCUT2D eigenvalue weighted by Gasteiger charge is 2.15.